The van der Waals surface area contributed by atoms with Gasteiger partial charge in [-0.1, -0.05) is 0 Å². The minimum absolute atomic E-state index is 0.0220. The third-order valence-electron chi connectivity index (χ3n) is 3.90. The molecule has 2 heterocycles. The van der Waals surface area contributed by atoms with Crippen molar-refractivity contribution in [2.75, 3.05) is 0 Å². The summed E-state index contributed by atoms with van der Waals surface area (Å²) >= 11 is 0. The van der Waals surface area contributed by atoms with Gasteiger partial charge in [0.25, 0.3) is 0 Å². The van der Waals surface area contributed by atoms with Gasteiger partial charge in [-0.25, -0.2) is 4.39 Å². The fraction of sp³-hybridized carbons (Fsp3) is 0.167. The summed E-state index contributed by atoms with van der Waals surface area (Å²) < 4.78 is 15.9. The molecule has 0 fully saturated rings. The van der Waals surface area contributed by atoms with E-state index in [4.69, 9.17) is 5.26 Å². The zero-order valence-electron chi connectivity index (χ0n) is 13.0. The Morgan fingerprint density at radius 3 is 2.39 bits per heavy atom. The second kappa shape index (κ2) is 5.33. The molecule has 3 aromatic rings. The van der Waals surface area contributed by atoms with Crippen LogP contribution in [0.15, 0.2) is 35.4 Å². The molecule has 0 aliphatic carbocycles. The van der Waals surface area contributed by atoms with Gasteiger partial charge in [0.05, 0.1) is 40.6 Å². The largest absolute Gasteiger partial charge is 0.311 e. The van der Waals surface area contributed by atoms with Crippen molar-refractivity contribution in [1.29, 1.82) is 5.26 Å². The third kappa shape index (κ3) is 2.29. The van der Waals surface area contributed by atoms with Crippen LogP contribution < -0.4 is 5.43 Å². The number of nitrogens with zero attached hydrogens (tertiary/aromatic N) is 3. The topological polar surface area (TPSA) is 58.7 Å². The lowest BCUT2D eigenvalue weighted by molar-refractivity contribution is 0.632. The van der Waals surface area contributed by atoms with Crippen LogP contribution in [0.1, 0.15) is 22.4 Å². The highest BCUT2D eigenvalue weighted by atomic mass is 19.1. The van der Waals surface area contributed by atoms with Crippen molar-refractivity contribution in [2.45, 2.75) is 20.8 Å². The summed E-state index contributed by atoms with van der Waals surface area (Å²) in [5.41, 5.74) is 3.89. The highest BCUT2D eigenvalue weighted by Gasteiger charge is 2.15. The SMILES string of the molecule is Cc1cc(C#N)cc(C)c1-n1c(C)cc(=O)c2c(F)cncc21. The Labute approximate surface area is 132 Å². The number of benzene rings is 1. The lowest BCUT2D eigenvalue weighted by Gasteiger charge is -2.19. The zero-order chi connectivity index (χ0) is 16.7. The molecule has 0 amide bonds. The summed E-state index contributed by atoms with van der Waals surface area (Å²) in [4.78, 5) is 16.0. The first-order valence-electron chi connectivity index (χ1n) is 7.11. The number of nitriles is 1. The minimum Gasteiger partial charge on any atom is -0.311 e. The van der Waals surface area contributed by atoms with Crippen molar-refractivity contribution < 1.29 is 4.39 Å². The number of fused-ring (bicyclic) bond motifs is 1. The predicted molar refractivity (Wildman–Crippen MR) is 86.2 cm³/mol. The normalized spacial score (nSPS) is 10.7. The molecule has 0 aliphatic heterocycles. The van der Waals surface area contributed by atoms with Gasteiger partial charge < -0.3 is 4.57 Å². The Morgan fingerprint density at radius 2 is 1.78 bits per heavy atom. The molecule has 1 aromatic carbocycles. The molecule has 5 heteroatoms. The number of rotatable bonds is 1. The van der Waals surface area contributed by atoms with E-state index in [9.17, 15) is 9.18 Å². The fourth-order valence-corrected chi connectivity index (χ4v) is 3.02. The van der Waals surface area contributed by atoms with E-state index in [1.54, 1.807) is 19.1 Å². The van der Waals surface area contributed by atoms with Crippen LogP contribution in [0.25, 0.3) is 16.6 Å². The summed E-state index contributed by atoms with van der Waals surface area (Å²) in [6, 6.07) is 7.10. The van der Waals surface area contributed by atoms with Crippen molar-refractivity contribution in [1.82, 2.24) is 9.55 Å². The van der Waals surface area contributed by atoms with E-state index in [0.29, 0.717) is 16.8 Å². The van der Waals surface area contributed by atoms with Crippen LogP contribution in [0.5, 0.6) is 0 Å². The van der Waals surface area contributed by atoms with Crippen molar-refractivity contribution in [3.8, 4) is 11.8 Å². The average molecular weight is 307 g/mol. The van der Waals surface area contributed by atoms with E-state index < -0.39 is 5.82 Å². The molecule has 0 saturated carbocycles. The highest BCUT2D eigenvalue weighted by molar-refractivity contribution is 5.81. The average Bonchev–Trinajstić information content (AvgIpc) is 2.49. The quantitative estimate of drug-likeness (QED) is 0.693. The molecule has 4 nitrogen and oxygen atoms in total. The van der Waals surface area contributed by atoms with Gasteiger partial charge in [0.2, 0.25) is 0 Å². The molecule has 0 radical (unpaired) electrons. The standard InChI is InChI=1S/C18H14FN3O/c1-10-4-13(7-20)5-11(2)18(10)22-12(3)6-16(23)17-14(19)8-21-9-15(17)22/h4-6,8-9H,1-3H3. The number of hydrogen-bond acceptors (Lipinski definition) is 3. The summed E-state index contributed by atoms with van der Waals surface area (Å²) in [7, 11) is 0. The van der Waals surface area contributed by atoms with Crippen molar-refractivity contribution in [2.24, 2.45) is 0 Å². The van der Waals surface area contributed by atoms with Crippen LogP contribution in [-0.2, 0) is 0 Å². The lowest BCUT2D eigenvalue weighted by atomic mass is 10.0. The van der Waals surface area contributed by atoms with Gasteiger partial charge in [-0.15, -0.1) is 0 Å². The molecule has 0 spiro atoms. The predicted octanol–water partition coefficient (Wildman–Crippen LogP) is 3.32. The molecule has 0 aliphatic rings. The minimum atomic E-state index is -0.634. The van der Waals surface area contributed by atoms with Gasteiger partial charge in [-0.3, -0.25) is 9.78 Å². The summed E-state index contributed by atoms with van der Waals surface area (Å²) in [6.45, 7) is 5.57. The first kappa shape index (κ1) is 14.9. The summed E-state index contributed by atoms with van der Waals surface area (Å²) in [6.07, 6.45) is 2.53. The van der Waals surface area contributed by atoms with Crippen LogP contribution in [0.4, 0.5) is 4.39 Å². The van der Waals surface area contributed by atoms with Crippen LogP contribution in [0.2, 0.25) is 0 Å². The maximum Gasteiger partial charge on any atom is 0.192 e. The molecule has 0 N–H and O–H groups in total. The maximum atomic E-state index is 14.1. The number of aryl methyl sites for hydroxylation is 3. The molecule has 0 unspecified atom stereocenters. The number of aromatic nitrogens is 2. The fourth-order valence-electron chi connectivity index (χ4n) is 3.02. The molecular formula is C18H14FN3O. The van der Waals surface area contributed by atoms with E-state index in [1.807, 2.05) is 18.4 Å². The smallest absolute Gasteiger partial charge is 0.192 e. The van der Waals surface area contributed by atoms with Crippen LogP contribution in [0.3, 0.4) is 0 Å². The van der Waals surface area contributed by atoms with Gasteiger partial charge in [-0.05, 0) is 44.0 Å². The lowest BCUT2D eigenvalue weighted by Crippen LogP contribution is -2.14. The van der Waals surface area contributed by atoms with Crippen LogP contribution >= 0.6 is 0 Å². The Kier molecular flexibility index (Phi) is 3.45. The van der Waals surface area contributed by atoms with Gasteiger partial charge in [0, 0.05) is 11.8 Å². The van der Waals surface area contributed by atoms with E-state index in [0.717, 1.165) is 23.0 Å². The summed E-state index contributed by atoms with van der Waals surface area (Å²) in [5.74, 6) is -0.634. The Morgan fingerprint density at radius 1 is 1.13 bits per heavy atom. The second-order valence-electron chi connectivity index (χ2n) is 5.57. The molecule has 2 aromatic heterocycles. The van der Waals surface area contributed by atoms with E-state index in [1.165, 1.54) is 12.3 Å². The van der Waals surface area contributed by atoms with Gasteiger partial charge in [-0.2, -0.15) is 5.26 Å². The number of pyridine rings is 2. The van der Waals surface area contributed by atoms with Gasteiger partial charge in [0.1, 0.15) is 0 Å². The maximum absolute atomic E-state index is 14.1. The Hall–Kier alpha value is -3.00. The van der Waals surface area contributed by atoms with E-state index in [2.05, 4.69) is 11.1 Å². The molecule has 114 valence electrons. The van der Waals surface area contributed by atoms with Crippen LogP contribution in [0, 0.1) is 37.9 Å². The highest BCUT2D eigenvalue weighted by Crippen LogP contribution is 2.26. The van der Waals surface area contributed by atoms with E-state index >= 15 is 0 Å². The van der Waals surface area contributed by atoms with Crippen molar-refractivity contribution in [3.63, 3.8) is 0 Å². The third-order valence-corrected chi connectivity index (χ3v) is 3.90. The van der Waals surface area contributed by atoms with Gasteiger partial charge in [0.15, 0.2) is 11.2 Å². The Bertz CT molecular complexity index is 1020. The number of hydrogen-bond donors (Lipinski definition) is 0. The Balaban J connectivity index is 2.50. The second-order valence-corrected chi connectivity index (χ2v) is 5.57. The molecule has 0 saturated heterocycles. The van der Waals surface area contributed by atoms with Gasteiger partial charge >= 0.3 is 0 Å². The number of halogens is 1. The zero-order valence-corrected chi connectivity index (χ0v) is 13.0. The summed E-state index contributed by atoms with van der Waals surface area (Å²) in [5, 5.41) is 9.11. The first-order valence-corrected chi connectivity index (χ1v) is 7.11. The molecular weight excluding hydrogens is 293 g/mol. The molecule has 0 bridgehead atoms. The monoisotopic (exact) mass is 307 g/mol. The van der Waals surface area contributed by atoms with Crippen LogP contribution in [-0.4, -0.2) is 9.55 Å². The van der Waals surface area contributed by atoms with Crippen molar-refractivity contribution in [3.05, 3.63) is 69.0 Å². The molecule has 3 rings (SSSR count). The molecule has 0 atom stereocenters. The first-order chi connectivity index (χ1) is 10.9. The molecule has 23 heavy (non-hydrogen) atoms. The van der Waals surface area contributed by atoms with E-state index in [-0.39, 0.29) is 10.8 Å². The van der Waals surface area contributed by atoms with Crippen molar-refractivity contribution >= 4 is 10.9 Å².